The van der Waals surface area contributed by atoms with Gasteiger partial charge in [-0.15, -0.1) is 11.3 Å². The number of nitrogens with zero attached hydrogens (tertiary/aromatic N) is 1. The van der Waals surface area contributed by atoms with Crippen LogP contribution in [0, 0.1) is 5.92 Å². The molecule has 1 aliphatic carbocycles. The summed E-state index contributed by atoms with van der Waals surface area (Å²) >= 11 is 1.84. The van der Waals surface area contributed by atoms with Gasteiger partial charge in [0.1, 0.15) is 5.01 Å². The maximum atomic E-state index is 5.23. The number of aromatic nitrogens is 1. The van der Waals surface area contributed by atoms with Crippen LogP contribution in [0.5, 0.6) is 0 Å². The quantitative estimate of drug-likeness (QED) is 0.804. The Kier molecular flexibility index (Phi) is 5.44. The monoisotopic (exact) mass is 310 g/mol. The number of thiazole rings is 1. The molecule has 1 fully saturated rings. The summed E-state index contributed by atoms with van der Waals surface area (Å²) in [4.78, 5) is 5.03. The van der Waals surface area contributed by atoms with Gasteiger partial charge in [-0.1, -0.05) is 40.5 Å². The molecule has 0 aliphatic heterocycles. The number of ether oxygens (including phenoxy) is 1. The summed E-state index contributed by atoms with van der Waals surface area (Å²) in [5.41, 5.74) is 1.42. The fraction of sp³-hybridized carbons (Fsp3) is 0.824. The minimum absolute atomic E-state index is 0.0709. The van der Waals surface area contributed by atoms with E-state index < -0.39 is 0 Å². The van der Waals surface area contributed by atoms with Crippen LogP contribution in [0.15, 0.2) is 5.38 Å². The molecule has 1 aliphatic rings. The Balaban J connectivity index is 2.29. The van der Waals surface area contributed by atoms with E-state index in [-0.39, 0.29) is 11.0 Å². The van der Waals surface area contributed by atoms with Crippen molar-refractivity contribution in [3.05, 3.63) is 16.1 Å². The predicted molar refractivity (Wildman–Crippen MR) is 90.0 cm³/mol. The minimum Gasteiger partial charge on any atom is -0.383 e. The molecule has 0 aromatic carbocycles. The third-order valence-corrected chi connectivity index (χ3v) is 5.73. The molecule has 0 bridgehead atoms. The largest absolute Gasteiger partial charge is 0.383 e. The van der Waals surface area contributed by atoms with Gasteiger partial charge in [0.2, 0.25) is 0 Å². The molecule has 1 aromatic heterocycles. The topological polar surface area (TPSA) is 34.1 Å². The van der Waals surface area contributed by atoms with Crippen LogP contribution in [0.4, 0.5) is 0 Å². The molecule has 0 amide bonds. The van der Waals surface area contributed by atoms with Gasteiger partial charge in [0.25, 0.3) is 0 Å². The minimum atomic E-state index is 0.0709. The summed E-state index contributed by atoms with van der Waals surface area (Å²) in [6, 6.07) is 0. The molecular weight excluding hydrogens is 280 g/mol. The van der Waals surface area contributed by atoms with Gasteiger partial charge in [-0.05, 0) is 18.8 Å². The highest BCUT2D eigenvalue weighted by Crippen LogP contribution is 2.46. The molecule has 21 heavy (non-hydrogen) atoms. The van der Waals surface area contributed by atoms with Crippen LogP contribution in [0.1, 0.15) is 64.1 Å². The van der Waals surface area contributed by atoms with E-state index in [4.69, 9.17) is 9.72 Å². The Morgan fingerprint density at radius 3 is 2.81 bits per heavy atom. The van der Waals surface area contributed by atoms with Gasteiger partial charge in [0, 0.05) is 24.4 Å². The highest BCUT2D eigenvalue weighted by Gasteiger charge is 2.45. The fourth-order valence-electron chi connectivity index (χ4n) is 3.42. The van der Waals surface area contributed by atoms with Crippen molar-refractivity contribution in [2.45, 2.75) is 64.3 Å². The molecule has 2 atom stereocenters. The van der Waals surface area contributed by atoms with Crippen LogP contribution in [-0.2, 0) is 15.7 Å². The van der Waals surface area contributed by atoms with Crippen molar-refractivity contribution in [3.8, 4) is 0 Å². The maximum Gasteiger partial charge on any atom is 0.113 e. The van der Waals surface area contributed by atoms with Crippen LogP contribution < -0.4 is 5.32 Å². The molecule has 3 nitrogen and oxygen atoms in total. The molecule has 1 heterocycles. The maximum absolute atomic E-state index is 5.23. The molecule has 0 radical (unpaired) electrons. The fourth-order valence-corrected chi connectivity index (χ4v) is 4.75. The van der Waals surface area contributed by atoms with Crippen molar-refractivity contribution >= 4 is 11.3 Å². The van der Waals surface area contributed by atoms with Crippen LogP contribution in [0.2, 0.25) is 0 Å². The Hall–Kier alpha value is -0.450. The lowest BCUT2D eigenvalue weighted by molar-refractivity contribution is 0.167. The standard InChI is InChI=1S/C17H30N2OS/c1-6-13-8-7-9-17(13,18-10-11-20-5)15-19-14(12-21-15)16(2,3)4/h12-13,18H,6-11H2,1-5H3. The van der Waals surface area contributed by atoms with Crippen LogP contribution in [0.25, 0.3) is 0 Å². The van der Waals surface area contributed by atoms with E-state index in [0.717, 1.165) is 13.2 Å². The third kappa shape index (κ3) is 3.49. The summed E-state index contributed by atoms with van der Waals surface area (Å²) in [6.07, 6.45) is 5.01. The molecule has 0 spiro atoms. The number of rotatable bonds is 6. The van der Waals surface area contributed by atoms with Gasteiger partial charge < -0.3 is 10.1 Å². The van der Waals surface area contributed by atoms with Crippen molar-refractivity contribution < 1.29 is 4.74 Å². The number of methoxy groups -OCH3 is 1. The lowest BCUT2D eigenvalue weighted by Crippen LogP contribution is -2.46. The van der Waals surface area contributed by atoms with Gasteiger partial charge in [-0.25, -0.2) is 4.98 Å². The first-order valence-corrected chi connectivity index (χ1v) is 9.02. The van der Waals surface area contributed by atoms with E-state index in [1.807, 2.05) is 11.3 Å². The molecular formula is C17H30N2OS. The summed E-state index contributed by atoms with van der Waals surface area (Å²) in [5.74, 6) is 0.688. The van der Waals surface area contributed by atoms with Gasteiger partial charge in [0.15, 0.2) is 0 Å². The number of nitrogens with one attached hydrogen (secondary N) is 1. The predicted octanol–water partition coefficient (Wildman–Crippen LogP) is 4.08. The SMILES string of the molecule is CCC1CCCC1(NCCOC)c1nc(C(C)(C)C)cs1. The van der Waals surface area contributed by atoms with E-state index in [1.54, 1.807) is 7.11 Å². The smallest absolute Gasteiger partial charge is 0.113 e. The summed E-state index contributed by atoms with van der Waals surface area (Å²) in [6.45, 7) is 10.7. The molecule has 1 N–H and O–H groups in total. The summed E-state index contributed by atoms with van der Waals surface area (Å²) in [7, 11) is 1.77. The Morgan fingerprint density at radius 1 is 1.48 bits per heavy atom. The van der Waals surface area contributed by atoms with E-state index >= 15 is 0 Å². The third-order valence-electron chi connectivity index (χ3n) is 4.71. The molecule has 2 unspecified atom stereocenters. The van der Waals surface area contributed by atoms with Gasteiger partial charge in [-0.3, -0.25) is 0 Å². The zero-order valence-corrected chi connectivity index (χ0v) is 15.0. The van der Waals surface area contributed by atoms with Crippen LogP contribution in [-0.4, -0.2) is 25.2 Å². The molecule has 1 saturated carbocycles. The summed E-state index contributed by atoms with van der Waals surface area (Å²) < 4.78 is 5.23. The zero-order valence-electron chi connectivity index (χ0n) is 14.2. The molecule has 120 valence electrons. The Labute approximate surface area is 133 Å². The van der Waals surface area contributed by atoms with Gasteiger partial charge in [0.05, 0.1) is 17.8 Å². The van der Waals surface area contributed by atoms with Crippen LogP contribution >= 0.6 is 11.3 Å². The van der Waals surface area contributed by atoms with E-state index in [0.29, 0.717) is 5.92 Å². The summed E-state index contributed by atoms with van der Waals surface area (Å²) in [5, 5.41) is 7.34. The Morgan fingerprint density at radius 2 is 2.24 bits per heavy atom. The van der Waals surface area contributed by atoms with Crippen molar-refractivity contribution in [3.63, 3.8) is 0 Å². The normalized spacial score (nSPS) is 26.4. The number of hydrogen-bond donors (Lipinski definition) is 1. The second-order valence-corrected chi connectivity index (χ2v) is 8.03. The number of hydrogen-bond acceptors (Lipinski definition) is 4. The van der Waals surface area contributed by atoms with Crippen molar-refractivity contribution in [1.82, 2.24) is 10.3 Å². The average Bonchev–Trinajstić information content (AvgIpc) is 3.05. The highest BCUT2D eigenvalue weighted by atomic mass is 32.1. The van der Waals surface area contributed by atoms with Gasteiger partial charge >= 0.3 is 0 Å². The molecule has 0 saturated heterocycles. The highest BCUT2D eigenvalue weighted by molar-refractivity contribution is 7.09. The molecule has 2 rings (SSSR count). The lowest BCUT2D eigenvalue weighted by Gasteiger charge is -2.35. The molecule has 1 aromatic rings. The van der Waals surface area contributed by atoms with Gasteiger partial charge in [-0.2, -0.15) is 0 Å². The van der Waals surface area contributed by atoms with Crippen molar-refractivity contribution in [1.29, 1.82) is 0 Å². The van der Waals surface area contributed by atoms with E-state index in [9.17, 15) is 0 Å². The van der Waals surface area contributed by atoms with E-state index in [1.165, 1.54) is 36.4 Å². The lowest BCUT2D eigenvalue weighted by atomic mass is 9.85. The van der Waals surface area contributed by atoms with E-state index in [2.05, 4.69) is 38.4 Å². The first kappa shape index (κ1) is 16.9. The zero-order chi connectivity index (χ0) is 15.5. The van der Waals surface area contributed by atoms with Crippen molar-refractivity contribution in [2.24, 2.45) is 5.92 Å². The van der Waals surface area contributed by atoms with Crippen molar-refractivity contribution in [2.75, 3.05) is 20.3 Å². The second kappa shape index (κ2) is 6.76. The average molecular weight is 311 g/mol. The Bertz CT molecular complexity index is 452. The second-order valence-electron chi connectivity index (χ2n) is 7.18. The first-order valence-electron chi connectivity index (χ1n) is 8.14. The molecule has 4 heteroatoms. The first-order chi connectivity index (χ1) is 9.94. The van der Waals surface area contributed by atoms with Crippen LogP contribution in [0.3, 0.4) is 0 Å².